The highest BCUT2D eigenvalue weighted by molar-refractivity contribution is 6.06. The number of carbonyl (C=O) groups is 1. The third kappa shape index (κ3) is 3.62. The lowest BCUT2D eigenvalue weighted by atomic mass is 9.79. The highest BCUT2D eigenvalue weighted by Gasteiger charge is 2.52. The summed E-state index contributed by atoms with van der Waals surface area (Å²) >= 11 is 0. The van der Waals surface area contributed by atoms with Gasteiger partial charge in [0, 0.05) is 6.42 Å². The fraction of sp³-hybridized carbons (Fsp3) is 0.882. The van der Waals surface area contributed by atoms with Crippen LogP contribution in [-0.4, -0.2) is 22.8 Å². The van der Waals surface area contributed by atoms with Crippen LogP contribution in [0.5, 0.6) is 0 Å². The van der Waals surface area contributed by atoms with Crippen molar-refractivity contribution >= 4 is 11.7 Å². The zero-order chi connectivity index (χ0) is 15.0. The highest BCUT2D eigenvalue weighted by Crippen LogP contribution is 2.37. The molecule has 1 aliphatic carbocycles. The number of hydrogen-bond donors (Lipinski definition) is 1. The van der Waals surface area contributed by atoms with E-state index in [9.17, 15) is 4.79 Å². The van der Waals surface area contributed by atoms with Crippen molar-refractivity contribution in [3.8, 4) is 0 Å². The lowest BCUT2D eigenvalue weighted by molar-refractivity contribution is -0.552. The maximum Gasteiger partial charge on any atom is 0.317 e. The minimum atomic E-state index is -0.301. The second-order valence-electron chi connectivity index (χ2n) is 8.43. The number of nitrogens with one attached hydrogen (secondary N) is 1. The third-order valence-electron chi connectivity index (χ3n) is 4.30. The van der Waals surface area contributed by atoms with Crippen LogP contribution in [0.4, 0.5) is 0 Å². The number of hydrogen-bond acceptors (Lipinski definition) is 2. The summed E-state index contributed by atoms with van der Waals surface area (Å²) in [6.45, 7) is 11.2. The van der Waals surface area contributed by atoms with E-state index in [0.29, 0.717) is 6.42 Å². The lowest BCUT2D eigenvalue weighted by Gasteiger charge is -2.31. The van der Waals surface area contributed by atoms with E-state index in [1.54, 1.807) is 0 Å². The molecule has 1 spiro atoms. The van der Waals surface area contributed by atoms with Crippen molar-refractivity contribution in [3.63, 3.8) is 0 Å². The zero-order valence-electron chi connectivity index (χ0n) is 13.8. The Hall–Kier alpha value is -0.860. The SMILES string of the molecule is CC(C)(C)CC(C)(C)[NH+]=C1CC(=O)OC12CCCCC2. The van der Waals surface area contributed by atoms with Gasteiger partial charge in [-0.15, -0.1) is 0 Å². The first-order chi connectivity index (χ1) is 9.12. The van der Waals surface area contributed by atoms with Crippen molar-refractivity contribution in [2.24, 2.45) is 5.41 Å². The van der Waals surface area contributed by atoms with Gasteiger partial charge in [0.25, 0.3) is 0 Å². The van der Waals surface area contributed by atoms with Gasteiger partial charge in [-0.25, -0.2) is 4.99 Å². The molecule has 3 nitrogen and oxygen atoms in total. The first-order valence-electron chi connectivity index (χ1n) is 7.98. The van der Waals surface area contributed by atoms with E-state index in [0.717, 1.165) is 37.8 Å². The van der Waals surface area contributed by atoms with Gasteiger partial charge in [0.1, 0.15) is 6.42 Å². The van der Waals surface area contributed by atoms with Crippen LogP contribution in [0.3, 0.4) is 0 Å². The normalized spacial score (nSPS) is 25.2. The Morgan fingerprint density at radius 3 is 2.25 bits per heavy atom. The summed E-state index contributed by atoms with van der Waals surface area (Å²) < 4.78 is 5.74. The van der Waals surface area contributed by atoms with E-state index in [1.807, 2.05) is 0 Å². The highest BCUT2D eigenvalue weighted by atomic mass is 16.6. The molecule has 1 saturated carbocycles. The Kier molecular flexibility index (Phi) is 4.01. The molecule has 1 saturated heterocycles. The van der Waals surface area contributed by atoms with Gasteiger partial charge in [0.05, 0.1) is 0 Å². The minimum Gasteiger partial charge on any atom is -0.448 e. The van der Waals surface area contributed by atoms with E-state index < -0.39 is 0 Å². The molecule has 0 amide bonds. The van der Waals surface area contributed by atoms with Crippen molar-refractivity contribution in [2.75, 3.05) is 0 Å². The van der Waals surface area contributed by atoms with Crippen LogP contribution in [0, 0.1) is 5.41 Å². The first-order valence-corrected chi connectivity index (χ1v) is 7.98. The summed E-state index contributed by atoms with van der Waals surface area (Å²) in [5.41, 5.74) is 1.09. The summed E-state index contributed by atoms with van der Waals surface area (Å²) in [4.78, 5) is 15.5. The monoisotopic (exact) mass is 280 g/mol. The minimum absolute atomic E-state index is 0.00793. The van der Waals surface area contributed by atoms with E-state index in [4.69, 9.17) is 4.74 Å². The van der Waals surface area contributed by atoms with Crippen LogP contribution in [-0.2, 0) is 9.53 Å². The molecule has 0 aromatic heterocycles. The van der Waals surface area contributed by atoms with Gasteiger partial charge in [0.15, 0.2) is 11.1 Å². The number of esters is 1. The maximum absolute atomic E-state index is 11.8. The average molecular weight is 280 g/mol. The van der Waals surface area contributed by atoms with Gasteiger partial charge in [-0.2, -0.15) is 0 Å². The first kappa shape index (κ1) is 15.5. The number of rotatable bonds is 2. The molecule has 1 N–H and O–H groups in total. The Morgan fingerprint density at radius 2 is 1.70 bits per heavy atom. The molecule has 0 aromatic rings. The molecule has 3 heteroatoms. The van der Waals surface area contributed by atoms with Gasteiger partial charge in [-0.05, 0) is 44.9 Å². The van der Waals surface area contributed by atoms with Crippen LogP contribution in [0.1, 0.15) is 79.6 Å². The molecule has 114 valence electrons. The molecule has 1 aliphatic heterocycles. The van der Waals surface area contributed by atoms with Crippen molar-refractivity contribution in [1.29, 1.82) is 0 Å². The molecule has 2 rings (SSSR count). The molecule has 0 aromatic carbocycles. The van der Waals surface area contributed by atoms with E-state index in [-0.39, 0.29) is 22.5 Å². The van der Waals surface area contributed by atoms with E-state index in [1.165, 1.54) is 6.42 Å². The summed E-state index contributed by atoms with van der Waals surface area (Å²) in [5, 5.41) is 0. The third-order valence-corrected chi connectivity index (χ3v) is 4.30. The average Bonchev–Trinajstić information content (AvgIpc) is 2.51. The summed E-state index contributed by atoms with van der Waals surface area (Å²) in [6, 6.07) is 0. The quantitative estimate of drug-likeness (QED) is 0.789. The van der Waals surface area contributed by atoms with Gasteiger partial charge in [-0.3, -0.25) is 4.79 Å². The fourth-order valence-electron chi connectivity index (χ4n) is 4.08. The molecular weight excluding hydrogens is 250 g/mol. The Morgan fingerprint density at radius 1 is 1.10 bits per heavy atom. The molecule has 0 atom stereocenters. The summed E-state index contributed by atoms with van der Waals surface area (Å²) in [7, 11) is 0. The van der Waals surface area contributed by atoms with Crippen molar-refractivity contribution in [2.45, 2.75) is 90.7 Å². The Balaban J connectivity index is 2.24. The zero-order valence-corrected chi connectivity index (χ0v) is 13.8. The smallest absolute Gasteiger partial charge is 0.317 e. The topological polar surface area (TPSA) is 40.3 Å². The van der Waals surface area contributed by atoms with Crippen LogP contribution in [0.25, 0.3) is 0 Å². The maximum atomic E-state index is 11.8. The number of ether oxygens (including phenoxy) is 1. The van der Waals surface area contributed by atoms with Gasteiger partial charge in [-0.1, -0.05) is 27.2 Å². The van der Waals surface area contributed by atoms with Crippen LogP contribution < -0.4 is 4.99 Å². The summed E-state index contributed by atoms with van der Waals surface area (Å²) in [5.74, 6) is -0.0547. The molecule has 2 fully saturated rings. The predicted molar refractivity (Wildman–Crippen MR) is 80.6 cm³/mol. The van der Waals surface area contributed by atoms with Gasteiger partial charge < -0.3 is 4.74 Å². The van der Waals surface area contributed by atoms with Crippen molar-refractivity contribution < 1.29 is 14.5 Å². The van der Waals surface area contributed by atoms with Crippen LogP contribution in [0.15, 0.2) is 0 Å². The van der Waals surface area contributed by atoms with Crippen molar-refractivity contribution in [3.05, 3.63) is 0 Å². The molecular formula is C17H30NO2+. The second-order valence-corrected chi connectivity index (χ2v) is 8.43. The lowest BCUT2D eigenvalue weighted by Crippen LogP contribution is -2.88. The standard InChI is InChI=1S/C17H29NO2/c1-15(2,3)12-16(4,5)18-13-11-14(19)20-17(13)9-7-6-8-10-17/h6-12H2,1-5H3/p+1. The van der Waals surface area contributed by atoms with Gasteiger partial charge >= 0.3 is 5.97 Å². The Labute approximate surface area is 123 Å². The van der Waals surface area contributed by atoms with Crippen LogP contribution >= 0.6 is 0 Å². The van der Waals surface area contributed by atoms with Crippen molar-refractivity contribution in [1.82, 2.24) is 0 Å². The van der Waals surface area contributed by atoms with E-state index >= 15 is 0 Å². The molecule has 0 unspecified atom stereocenters. The molecule has 2 aliphatic rings. The Bertz CT molecular complexity index is 409. The molecule has 1 heterocycles. The molecule has 0 bridgehead atoms. The summed E-state index contributed by atoms with van der Waals surface area (Å²) in [6.07, 6.45) is 7.09. The fourth-order valence-corrected chi connectivity index (χ4v) is 4.08. The van der Waals surface area contributed by atoms with E-state index in [2.05, 4.69) is 39.6 Å². The second kappa shape index (κ2) is 5.16. The predicted octanol–water partition coefficient (Wildman–Crippen LogP) is 2.37. The van der Waals surface area contributed by atoms with Gasteiger partial charge in [0.2, 0.25) is 5.71 Å². The number of carbonyl (C=O) groups excluding carboxylic acids is 1. The largest absolute Gasteiger partial charge is 0.448 e. The molecule has 20 heavy (non-hydrogen) atoms. The molecule has 0 radical (unpaired) electrons. The van der Waals surface area contributed by atoms with Crippen LogP contribution in [0.2, 0.25) is 0 Å².